The normalized spacial score (nSPS) is 26.7. The van der Waals surface area contributed by atoms with Crippen LogP contribution in [-0.2, 0) is 9.59 Å². The van der Waals surface area contributed by atoms with Crippen molar-refractivity contribution in [3.8, 4) is 5.75 Å². The van der Waals surface area contributed by atoms with Gasteiger partial charge in [-0.15, -0.1) is 12.4 Å². The van der Waals surface area contributed by atoms with Crippen molar-refractivity contribution in [3.63, 3.8) is 0 Å². The van der Waals surface area contributed by atoms with Gasteiger partial charge < -0.3 is 20.3 Å². The van der Waals surface area contributed by atoms with E-state index in [9.17, 15) is 14.4 Å². The molecule has 3 atom stereocenters. The fraction of sp³-hybridized carbons (Fsp3) is 0.591. The van der Waals surface area contributed by atoms with Crippen LogP contribution in [0, 0.1) is 11.8 Å². The van der Waals surface area contributed by atoms with E-state index in [0.717, 1.165) is 19.4 Å². The summed E-state index contributed by atoms with van der Waals surface area (Å²) in [6.45, 7) is 5.98. The summed E-state index contributed by atoms with van der Waals surface area (Å²) >= 11 is 0. The monoisotopic (exact) mass is 435 g/mol. The van der Waals surface area contributed by atoms with E-state index in [4.69, 9.17) is 4.74 Å². The molecule has 2 N–H and O–H groups in total. The van der Waals surface area contributed by atoms with Gasteiger partial charge in [0.1, 0.15) is 5.75 Å². The van der Waals surface area contributed by atoms with Gasteiger partial charge in [-0.25, -0.2) is 0 Å². The fourth-order valence-electron chi connectivity index (χ4n) is 4.57. The molecule has 7 nitrogen and oxygen atoms in total. The smallest absolute Gasteiger partial charge is 0.265 e. The third kappa shape index (κ3) is 4.62. The van der Waals surface area contributed by atoms with Crippen molar-refractivity contribution in [2.45, 2.75) is 51.7 Å². The van der Waals surface area contributed by atoms with E-state index < -0.39 is 6.10 Å². The molecule has 8 heteroatoms. The second kappa shape index (κ2) is 9.35. The summed E-state index contributed by atoms with van der Waals surface area (Å²) in [6.07, 6.45) is 2.61. The number of carbonyl (C=O) groups excluding carboxylic acids is 3. The number of anilines is 1. The zero-order chi connectivity index (χ0) is 20.5. The molecule has 0 saturated carbocycles. The maximum atomic E-state index is 13.0. The van der Waals surface area contributed by atoms with Gasteiger partial charge in [-0.05, 0) is 64.3 Å². The standard InChI is InChI=1S/C22H29N3O4.ClH/c1-13-11-17(5-8-23-13)22(28)25-9-6-15(7-10-25)20(26)16-3-4-19-18(12-16)24-21(27)14(2)29-19;/h3-4,12-15,17,23H,5-11H2,1-2H3,(H,24,27);1H/t13-,14?,17-;/m0./s1. The zero-order valence-electron chi connectivity index (χ0n) is 17.5. The predicted molar refractivity (Wildman–Crippen MR) is 116 cm³/mol. The maximum absolute atomic E-state index is 13.0. The van der Waals surface area contributed by atoms with Crippen molar-refractivity contribution < 1.29 is 19.1 Å². The number of piperidine rings is 2. The van der Waals surface area contributed by atoms with Crippen LogP contribution in [0.15, 0.2) is 18.2 Å². The van der Waals surface area contributed by atoms with E-state index in [0.29, 0.717) is 49.0 Å². The number of hydrogen-bond donors (Lipinski definition) is 2. The minimum absolute atomic E-state index is 0. The van der Waals surface area contributed by atoms with Crippen molar-refractivity contribution in [1.29, 1.82) is 0 Å². The second-order valence-corrected chi connectivity index (χ2v) is 8.50. The van der Waals surface area contributed by atoms with Gasteiger partial charge in [0.2, 0.25) is 5.91 Å². The molecule has 0 aromatic heterocycles. The first-order valence-corrected chi connectivity index (χ1v) is 10.6. The van der Waals surface area contributed by atoms with Crippen molar-refractivity contribution in [1.82, 2.24) is 10.2 Å². The summed E-state index contributed by atoms with van der Waals surface area (Å²) in [7, 11) is 0. The topological polar surface area (TPSA) is 87.7 Å². The third-order valence-corrected chi connectivity index (χ3v) is 6.35. The van der Waals surface area contributed by atoms with E-state index in [1.165, 1.54) is 0 Å². The number of ether oxygens (including phenoxy) is 1. The lowest BCUT2D eigenvalue weighted by Crippen LogP contribution is -2.47. The molecule has 2 saturated heterocycles. The highest BCUT2D eigenvalue weighted by Gasteiger charge is 2.33. The number of rotatable bonds is 3. The highest BCUT2D eigenvalue weighted by atomic mass is 35.5. The lowest BCUT2D eigenvalue weighted by Gasteiger charge is -2.36. The number of ketones is 1. The predicted octanol–water partition coefficient (Wildman–Crippen LogP) is 2.64. The van der Waals surface area contributed by atoms with Crippen LogP contribution in [0.4, 0.5) is 5.69 Å². The second-order valence-electron chi connectivity index (χ2n) is 8.50. The molecule has 0 radical (unpaired) electrons. The molecule has 2 fully saturated rings. The first kappa shape index (κ1) is 22.6. The quantitative estimate of drug-likeness (QED) is 0.712. The van der Waals surface area contributed by atoms with E-state index in [1.54, 1.807) is 25.1 Å². The van der Waals surface area contributed by atoms with Crippen LogP contribution in [0.1, 0.15) is 49.9 Å². The summed E-state index contributed by atoms with van der Waals surface area (Å²) in [6, 6.07) is 5.60. The molecule has 2 amide bonds. The van der Waals surface area contributed by atoms with Crippen LogP contribution in [0.25, 0.3) is 0 Å². The van der Waals surface area contributed by atoms with E-state index in [1.807, 2.05) is 4.90 Å². The van der Waals surface area contributed by atoms with E-state index in [2.05, 4.69) is 17.6 Å². The Balaban J connectivity index is 0.00000256. The van der Waals surface area contributed by atoms with E-state index >= 15 is 0 Å². The number of likely N-dealkylation sites (tertiary alicyclic amines) is 1. The first-order chi connectivity index (χ1) is 13.9. The summed E-state index contributed by atoms with van der Waals surface area (Å²) in [5.41, 5.74) is 1.13. The first-order valence-electron chi connectivity index (χ1n) is 10.6. The lowest BCUT2D eigenvalue weighted by molar-refractivity contribution is -0.138. The molecule has 1 aromatic rings. The number of nitrogens with zero attached hydrogens (tertiary/aromatic N) is 1. The number of fused-ring (bicyclic) bond motifs is 1. The van der Waals surface area contributed by atoms with Gasteiger partial charge in [-0.3, -0.25) is 14.4 Å². The average molecular weight is 436 g/mol. The van der Waals surface area contributed by atoms with Crippen LogP contribution in [0.2, 0.25) is 0 Å². The molecular formula is C22H30ClN3O4. The molecule has 3 aliphatic rings. The van der Waals surface area contributed by atoms with Gasteiger partial charge in [0.25, 0.3) is 5.91 Å². The van der Waals surface area contributed by atoms with Gasteiger partial charge in [0, 0.05) is 36.5 Å². The molecule has 0 bridgehead atoms. The number of nitrogens with one attached hydrogen (secondary N) is 2. The Hall–Kier alpha value is -2.12. The number of halogens is 1. The van der Waals surface area contributed by atoms with Crippen LogP contribution in [-0.4, -0.2) is 54.3 Å². The van der Waals surface area contributed by atoms with Crippen molar-refractivity contribution >= 4 is 35.7 Å². The van der Waals surface area contributed by atoms with Crippen LogP contribution < -0.4 is 15.4 Å². The minimum atomic E-state index is -0.533. The van der Waals surface area contributed by atoms with Gasteiger partial charge in [0.05, 0.1) is 5.69 Å². The van der Waals surface area contributed by atoms with Crippen molar-refractivity contribution in [2.24, 2.45) is 11.8 Å². The van der Waals surface area contributed by atoms with Crippen LogP contribution in [0.5, 0.6) is 5.75 Å². The molecular weight excluding hydrogens is 406 g/mol. The molecule has 0 aliphatic carbocycles. The fourth-order valence-corrected chi connectivity index (χ4v) is 4.57. The minimum Gasteiger partial charge on any atom is -0.479 e. The largest absolute Gasteiger partial charge is 0.479 e. The van der Waals surface area contributed by atoms with Gasteiger partial charge in [0.15, 0.2) is 11.9 Å². The Kier molecular flexibility index (Phi) is 7.03. The van der Waals surface area contributed by atoms with Gasteiger partial charge >= 0.3 is 0 Å². The third-order valence-electron chi connectivity index (χ3n) is 6.35. The maximum Gasteiger partial charge on any atom is 0.265 e. The Morgan fingerprint density at radius 3 is 2.53 bits per heavy atom. The average Bonchev–Trinajstić information content (AvgIpc) is 2.73. The number of amides is 2. The summed E-state index contributed by atoms with van der Waals surface area (Å²) < 4.78 is 5.56. The van der Waals surface area contributed by atoms with Crippen LogP contribution in [0.3, 0.4) is 0 Å². The highest BCUT2D eigenvalue weighted by molar-refractivity contribution is 6.02. The molecule has 1 aromatic carbocycles. The molecule has 3 aliphatic heterocycles. The Morgan fingerprint density at radius 1 is 1.10 bits per heavy atom. The van der Waals surface area contributed by atoms with Crippen LogP contribution >= 0.6 is 12.4 Å². The summed E-state index contributed by atoms with van der Waals surface area (Å²) in [5, 5.41) is 6.18. The van der Waals surface area contributed by atoms with Gasteiger partial charge in [-0.1, -0.05) is 0 Å². The number of benzene rings is 1. The highest BCUT2D eigenvalue weighted by Crippen LogP contribution is 2.32. The Bertz CT molecular complexity index is 823. The molecule has 4 rings (SSSR count). The SMILES string of the molecule is CC1Oc2ccc(C(=O)C3CCN(C(=O)[C@H]4CCN[C@@H](C)C4)CC3)cc2NC1=O.Cl. The van der Waals surface area contributed by atoms with Crippen molar-refractivity contribution in [3.05, 3.63) is 23.8 Å². The van der Waals surface area contributed by atoms with Crippen molar-refractivity contribution in [2.75, 3.05) is 25.0 Å². The Labute approximate surface area is 183 Å². The zero-order valence-corrected chi connectivity index (χ0v) is 18.3. The molecule has 0 spiro atoms. The summed E-state index contributed by atoms with van der Waals surface area (Å²) in [4.78, 5) is 39.6. The molecule has 1 unspecified atom stereocenters. The summed E-state index contributed by atoms with van der Waals surface area (Å²) in [5.74, 6) is 0.704. The molecule has 30 heavy (non-hydrogen) atoms. The number of hydrogen-bond acceptors (Lipinski definition) is 5. The number of carbonyl (C=O) groups is 3. The Morgan fingerprint density at radius 2 is 1.83 bits per heavy atom. The number of Topliss-reactive ketones (excluding diaryl/α,β-unsaturated/α-hetero) is 1. The van der Waals surface area contributed by atoms with E-state index in [-0.39, 0.29) is 41.8 Å². The molecule has 3 heterocycles. The van der Waals surface area contributed by atoms with Gasteiger partial charge in [-0.2, -0.15) is 0 Å². The molecule has 164 valence electrons. The lowest BCUT2D eigenvalue weighted by atomic mass is 9.87.